The van der Waals surface area contributed by atoms with Crippen molar-refractivity contribution in [2.45, 2.75) is 104 Å². The summed E-state index contributed by atoms with van der Waals surface area (Å²) in [5.74, 6) is 0. The van der Waals surface area contributed by atoms with E-state index in [-0.39, 0.29) is 37.2 Å². The van der Waals surface area contributed by atoms with Crippen LogP contribution in [-0.4, -0.2) is 54.1 Å². The molecule has 0 aromatic carbocycles. The number of quaternary nitrogens is 1. The van der Waals surface area contributed by atoms with Crippen LogP contribution in [0.5, 0.6) is 0 Å². The summed E-state index contributed by atoms with van der Waals surface area (Å²) < 4.78 is 0.871. The van der Waals surface area contributed by atoms with Gasteiger partial charge in [0.15, 0.2) is 0 Å². The molecule has 0 aliphatic heterocycles. The van der Waals surface area contributed by atoms with Gasteiger partial charge in [0.1, 0.15) is 13.1 Å². The van der Waals surface area contributed by atoms with Crippen molar-refractivity contribution in [3.05, 3.63) is 12.2 Å². The van der Waals surface area contributed by atoms with Crippen LogP contribution in [-0.2, 0) is 0 Å². The minimum atomic E-state index is 0. The quantitative estimate of drug-likeness (QED) is 0.108. The van der Waals surface area contributed by atoms with Crippen molar-refractivity contribution in [2.75, 3.05) is 39.4 Å². The molecule has 0 saturated carbocycles. The largest absolute Gasteiger partial charge is 1.00 e. The van der Waals surface area contributed by atoms with Crippen LogP contribution in [0, 0.1) is 0 Å². The first-order valence-corrected chi connectivity index (χ1v) is 12.0. The van der Waals surface area contributed by atoms with Gasteiger partial charge in [0.25, 0.3) is 0 Å². The normalized spacial score (nSPS) is 11.9. The smallest absolute Gasteiger partial charge is 0.102 e. The first-order valence-electron chi connectivity index (χ1n) is 12.0. The van der Waals surface area contributed by atoms with Gasteiger partial charge in [-0.1, -0.05) is 70.4 Å². The third-order valence-corrected chi connectivity index (χ3v) is 5.96. The van der Waals surface area contributed by atoms with Crippen molar-refractivity contribution in [3.63, 3.8) is 0 Å². The van der Waals surface area contributed by atoms with Crippen LogP contribution >= 0.6 is 0 Å². The summed E-state index contributed by atoms with van der Waals surface area (Å²) in [6.45, 7) is 8.55. The van der Waals surface area contributed by atoms with E-state index in [0.29, 0.717) is 0 Å². The molecule has 0 saturated heterocycles. The molecular weight excluding hydrogens is 461 g/mol. The molecule has 3 nitrogen and oxygen atoms in total. The Labute approximate surface area is 193 Å². The zero-order valence-electron chi connectivity index (χ0n) is 19.0. The molecule has 0 spiro atoms. The van der Waals surface area contributed by atoms with Crippen molar-refractivity contribution < 1.29 is 38.7 Å². The van der Waals surface area contributed by atoms with Crippen LogP contribution in [0.4, 0.5) is 0 Å². The summed E-state index contributed by atoms with van der Waals surface area (Å²) in [5, 5.41) is 18.6. The lowest BCUT2D eigenvalue weighted by atomic mass is 10.1. The molecule has 0 atom stereocenters. The number of aliphatic hydroxyl groups is 2. The number of nitrogens with zero attached hydrogens (tertiary/aromatic N) is 1. The van der Waals surface area contributed by atoms with Gasteiger partial charge in [0, 0.05) is 0 Å². The monoisotopic (exact) mass is 511 g/mol. The van der Waals surface area contributed by atoms with Gasteiger partial charge in [-0.2, -0.15) is 0 Å². The fourth-order valence-corrected chi connectivity index (χ4v) is 3.93. The highest BCUT2D eigenvalue weighted by Gasteiger charge is 2.23. The third-order valence-electron chi connectivity index (χ3n) is 5.96. The maximum Gasteiger partial charge on any atom is 0.102 e. The van der Waals surface area contributed by atoms with Crippen molar-refractivity contribution in [1.29, 1.82) is 0 Å². The Hall–Kier alpha value is 0.350. The summed E-state index contributed by atoms with van der Waals surface area (Å²) >= 11 is 0. The van der Waals surface area contributed by atoms with Gasteiger partial charge < -0.3 is 38.7 Å². The van der Waals surface area contributed by atoms with Crippen molar-refractivity contribution in [3.8, 4) is 0 Å². The number of aliphatic hydroxyl groups excluding tert-OH is 2. The second kappa shape index (κ2) is 23.6. The minimum absolute atomic E-state index is 0. The molecule has 0 fully saturated rings. The third kappa shape index (κ3) is 18.4. The molecule has 0 rings (SSSR count). The zero-order chi connectivity index (χ0) is 20.1. The zero-order valence-corrected chi connectivity index (χ0v) is 21.2. The topological polar surface area (TPSA) is 40.5 Å². The Balaban J connectivity index is 0. The van der Waals surface area contributed by atoms with Gasteiger partial charge in [-0.25, -0.2) is 0 Å². The number of hydrogen-bond acceptors (Lipinski definition) is 2. The van der Waals surface area contributed by atoms with E-state index >= 15 is 0 Å². The average Bonchev–Trinajstić information content (AvgIpc) is 2.68. The number of hydrogen-bond donors (Lipinski definition) is 2. The van der Waals surface area contributed by atoms with Crippen LogP contribution in [0.1, 0.15) is 104 Å². The highest BCUT2D eigenvalue weighted by molar-refractivity contribution is 4.81. The van der Waals surface area contributed by atoms with Gasteiger partial charge in [0.2, 0.25) is 0 Å². The van der Waals surface area contributed by atoms with E-state index < -0.39 is 0 Å². The number of allylic oxidation sites excluding steroid dienone is 2. The molecule has 0 aliphatic rings. The highest BCUT2D eigenvalue weighted by Crippen LogP contribution is 2.13. The van der Waals surface area contributed by atoms with Gasteiger partial charge >= 0.3 is 0 Å². The molecule has 0 aromatic heterocycles. The Morgan fingerprint density at radius 1 is 0.571 bits per heavy atom. The summed E-state index contributed by atoms with van der Waals surface area (Å²) in [6.07, 6.45) is 23.5. The Morgan fingerprint density at radius 2 is 1.00 bits per heavy atom. The number of halogens is 1. The minimum Gasteiger partial charge on any atom is -1.00 e. The molecule has 4 heteroatoms. The van der Waals surface area contributed by atoms with E-state index in [4.69, 9.17) is 0 Å². The van der Waals surface area contributed by atoms with Crippen LogP contribution in [0.2, 0.25) is 0 Å². The molecule has 0 bridgehead atoms. The predicted molar refractivity (Wildman–Crippen MR) is 119 cm³/mol. The van der Waals surface area contributed by atoms with Crippen molar-refractivity contribution in [1.82, 2.24) is 0 Å². The van der Waals surface area contributed by atoms with E-state index in [9.17, 15) is 10.2 Å². The standard InChI is InChI=1S/C24H50NO2.HI/c1-3-5-6-7-8-9-10-11-12-13-14-15-16-17-18-19-20-25(4-2,21-23-26)22-24-27;/h11-12,26-27H,3-10,13-24H2,1-2H3;1H/q+1;/p-1/b12-11-;. The van der Waals surface area contributed by atoms with Crippen LogP contribution < -0.4 is 24.0 Å². The predicted octanol–water partition coefficient (Wildman–Crippen LogP) is 2.85. The fraction of sp³-hybridized carbons (Fsp3) is 0.917. The maximum atomic E-state index is 9.29. The molecule has 0 aliphatic carbocycles. The van der Waals surface area contributed by atoms with E-state index in [0.717, 1.165) is 30.7 Å². The number of unbranched alkanes of at least 4 members (excludes halogenated alkanes) is 12. The molecule has 0 unspecified atom stereocenters. The van der Waals surface area contributed by atoms with E-state index in [2.05, 4.69) is 26.0 Å². The molecule has 0 amide bonds. The molecule has 0 heterocycles. The van der Waals surface area contributed by atoms with E-state index in [1.54, 1.807) is 0 Å². The van der Waals surface area contributed by atoms with E-state index in [1.807, 2.05) is 0 Å². The lowest BCUT2D eigenvalue weighted by Gasteiger charge is -2.37. The lowest BCUT2D eigenvalue weighted by Crippen LogP contribution is -3.00. The van der Waals surface area contributed by atoms with Crippen molar-refractivity contribution >= 4 is 0 Å². The summed E-state index contributed by atoms with van der Waals surface area (Å²) in [4.78, 5) is 0. The Morgan fingerprint density at radius 3 is 1.43 bits per heavy atom. The molecule has 170 valence electrons. The molecule has 2 N–H and O–H groups in total. The SMILES string of the molecule is CCCCCCCC/C=C\CCCCCCCC[N+](CC)(CCO)CCO.[I-]. The molecule has 28 heavy (non-hydrogen) atoms. The highest BCUT2D eigenvalue weighted by atomic mass is 127. The Kier molecular flexibility index (Phi) is 25.8. The second-order valence-electron chi connectivity index (χ2n) is 8.21. The van der Waals surface area contributed by atoms with Crippen LogP contribution in [0.3, 0.4) is 0 Å². The van der Waals surface area contributed by atoms with Crippen molar-refractivity contribution in [2.24, 2.45) is 0 Å². The Bertz CT molecular complexity index is 318. The fourth-order valence-electron chi connectivity index (χ4n) is 3.93. The summed E-state index contributed by atoms with van der Waals surface area (Å²) in [5.41, 5.74) is 0. The van der Waals surface area contributed by atoms with Gasteiger partial charge in [-0.15, -0.1) is 0 Å². The van der Waals surface area contributed by atoms with Crippen LogP contribution in [0.15, 0.2) is 12.2 Å². The van der Waals surface area contributed by atoms with Gasteiger partial charge in [-0.05, 0) is 45.4 Å². The maximum absolute atomic E-state index is 9.29. The second-order valence-corrected chi connectivity index (χ2v) is 8.21. The number of rotatable bonds is 21. The van der Waals surface area contributed by atoms with Gasteiger partial charge in [0.05, 0.1) is 26.3 Å². The van der Waals surface area contributed by atoms with Gasteiger partial charge in [-0.3, -0.25) is 0 Å². The summed E-state index contributed by atoms with van der Waals surface area (Å²) in [7, 11) is 0. The molecule has 0 radical (unpaired) electrons. The summed E-state index contributed by atoms with van der Waals surface area (Å²) in [6, 6.07) is 0. The molecule has 0 aromatic rings. The first-order chi connectivity index (χ1) is 13.2. The number of likely N-dealkylation sites (N-methyl/N-ethyl adjacent to an activating group) is 1. The molecular formula is C24H50INO2. The van der Waals surface area contributed by atoms with Crippen LogP contribution in [0.25, 0.3) is 0 Å². The first kappa shape index (κ1) is 30.5. The van der Waals surface area contributed by atoms with E-state index in [1.165, 1.54) is 89.9 Å². The average molecular weight is 512 g/mol. The lowest BCUT2D eigenvalue weighted by molar-refractivity contribution is -0.927.